The topological polar surface area (TPSA) is 67.3 Å². The molecule has 1 aliphatic rings. The van der Waals surface area contributed by atoms with Gasteiger partial charge in [0.1, 0.15) is 5.75 Å². The molecular weight excluding hydrogens is 396 g/mol. The first kappa shape index (κ1) is 20.6. The standard InChI is InChI=1S/C23H28N4O2S/c1-4-29-18-7-8-20-19(14-18)15(2)25-23(26-20)27-11-9-17(10-12-27)22(28)24-16(3)21-6-5-13-30-21/h5-8,13-14,16-17H,4,9-12H2,1-3H3,(H,24,28)/t16-/m0/s1. The number of anilines is 1. The van der Waals surface area contributed by atoms with E-state index in [4.69, 9.17) is 14.7 Å². The van der Waals surface area contributed by atoms with E-state index in [0.29, 0.717) is 6.61 Å². The Balaban J connectivity index is 1.40. The number of piperidine rings is 1. The molecule has 0 unspecified atom stereocenters. The minimum Gasteiger partial charge on any atom is -0.494 e. The number of hydrogen-bond donors (Lipinski definition) is 1. The molecule has 1 saturated heterocycles. The smallest absolute Gasteiger partial charge is 0.226 e. The van der Waals surface area contributed by atoms with E-state index in [1.165, 1.54) is 4.88 Å². The van der Waals surface area contributed by atoms with E-state index in [1.54, 1.807) is 11.3 Å². The summed E-state index contributed by atoms with van der Waals surface area (Å²) in [5, 5.41) is 6.22. The highest BCUT2D eigenvalue weighted by Gasteiger charge is 2.27. The van der Waals surface area contributed by atoms with Crippen LogP contribution in [0.4, 0.5) is 5.95 Å². The van der Waals surface area contributed by atoms with Crippen LogP contribution in [0.25, 0.3) is 10.9 Å². The van der Waals surface area contributed by atoms with Crippen molar-refractivity contribution in [3.8, 4) is 5.75 Å². The van der Waals surface area contributed by atoms with E-state index < -0.39 is 0 Å². The lowest BCUT2D eigenvalue weighted by Crippen LogP contribution is -2.41. The number of carbonyl (C=O) groups is 1. The van der Waals surface area contributed by atoms with Crippen molar-refractivity contribution in [3.05, 3.63) is 46.3 Å². The maximum absolute atomic E-state index is 12.7. The van der Waals surface area contributed by atoms with Crippen molar-refractivity contribution in [1.29, 1.82) is 0 Å². The lowest BCUT2D eigenvalue weighted by molar-refractivity contribution is -0.126. The number of nitrogens with one attached hydrogen (secondary N) is 1. The number of hydrogen-bond acceptors (Lipinski definition) is 6. The minimum atomic E-state index is 0.0407. The van der Waals surface area contributed by atoms with Crippen molar-refractivity contribution in [3.63, 3.8) is 0 Å². The van der Waals surface area contributed by atoms with Crippen molar-refractivity contribution in [2.45, 2.75) is 39.7 Å². The van der Waals surface area contributed by atoms with Crippen molar-refractivity contribution in [1.82, 2.24) is 15.3 Å². The zero-order valence-electron chi connectivity index (χ0n) is 17.7. The fourth-order valence-corrected chi connectivity index (χ4v) is 4.66. The van der Waals surface area contributed by atoms with Crippen LogP contribution in [0.5, 0.6) is 5.75 Å². The number of ether oxygens (including phenoxy) is 1. The van der Waals surface area contributed by atoms with Gasteiger partial charge in [0.05, 0.1) is 23.9 Å². The molecule has 1 N–H and O–H groups in total. The van der Waals surface area contributed by atoms with Crippen LogP contribution in [-0.2, 0) is 4.79 Å². The zero-order chi connectivity index (χ0) is 21.1. The first-order valence-electron chi connectivity index (χ1n) is 10.5. The van der Waals surface area contributed by atoms with E-state index in [-0.39, 0.29) is 17.9 Å². The molecule has 4 rings (SSSR count). The highest BCUT2D eigenvalue weighted by Crippen LogP contribution is 2.27. The molecule has 0 spiro atoms. The molecule has 7 heteroatoms. The van der Waals surface area contributed by atoms with Crippen LogP contribution in [0, 0.1) is 12.8 Å². The van der Waals surface area contributed by atoms with E-state index in [2.05, 4.69) is 16.3 Å². The van der Waals surface area contributed by atoms with Gasteiger partial charge >= 0.3 is 0 Å². The fraction of sp³-hybridized carbons (Fsp3) is 0.435. The minimum absolute atomic E-state index is 0.0407. The van der Waals surface area contributed by atoms with Gasteiger partial charge in [0, 0.05) is 29.3 Å². The van der Waals surface area contributed by atoms with Crippen LogP contribution in [-0.4, -0.2) is 35.6 Å². The number of nitrogens with zero attached hydrogens (tertiary/aromatic N) is 3. The van der Waals surface area contributed by atoms with Crippen molar-refractivity contribution in [2.24, 2.45) is 5.92 Å². The van der Waals surface area contributed by atoms with Gasteiger partial charge in [-0.2, -0.15) is 0 Å². The summed E-state index contributed by atoms with van der Waals surface area (Å²) in [5.41, 5.74) is 1.87. The number of carbonyl (C=O) groups excluding carboxylic acids is 1. The van der Waals surface area contributed by atoms with Crippen LogP contribution in [0.3, 0.4) is 0 Å². The first-order chi connectivity index (χ1) is 14.5. The third kappa shape index (κ3) is 4.41. The second-order valence-electron chi connectivity index (χ2n) is 7.73. The SMILES string of the molecule is CCOc1ccc2nc(N3CCC(C(=O)N[C@@H](C)c4cccs4)CC3)nc(C)c2c1. The number of thiophene rings is 1. The summed E-state index contributed by atoms with van der Waals surface area (Å²) >= 11 is 1.68. The normalized spacial score (nSPS) is 15.9. The molecule has 0 bridgehead atoms. The van der Waals surface area contributed by atoms with E-state index in [9.17, 15) is 4.79 Å². The highest BCUT2D eigenvalue weighted by molar-refractivity contribution is 7.10. The van der Waals surface area contributed by atoms with Crippen LogP contribution in [0.15, 0.2) is 35.7 Å². The van der Waals surface area contributed by atoms with Gasteiger partial charge < -0.3 is 15.0 Å². The average molecular weight is 425 g/mol. The summed E-state index contributed by atoms with van der Waals surface area (Å²) in [6.07, 6.45) is 1.62. The molecule has 0 saturated carbocycles. The van der Waals surface area contributed by atoms with Crippen molar-refractivity contribution >= 4 is 34.1 Å². The number of aryl methyl sites for hydroxylation is 1. The Hall–Kier alpha value is -2.67. The molecule has 1 aliphatic heterocycles. The fourth-order valence-electron chi connectivity index (χ4n) is 3.92. The summed E-state index contributed by atoms with van der Waals surface area (Å²) in [7, 11) is 0. The van der Waals surface area contributed by atoms with Gasteiger partial charge in [-0.1, -0.05) is 6.07 Å². The van der Waals surface area contributed by atoms with Crippen LogP contribution >= 0.6 is 11.3 Å². The molecule has 158 valence electrons. The predicted molar refractivity (Wildman–Crippen MR) is 121 cm³/mol. The second kappa shape index (κ2) is 9.00. The monoisotopic (exact) mass is 424 g/mol. The van der Waals surface area contributed by atoms with Gasteiger partial charge in [-0.3, -0.25) is 4.79 Å². The number of fused-ring (bicyclic) bond motifs is 1. The number of benzene rings is 1. The van der Waals surface area contributed by atoms with E-state index >= 15 is 0 Å². The van der Waals surface area contributed by atoms with Gasteiger partial charge in [-0.15, -0.1) is 11.3 Å². The van der Waals surface area contributed by atoms with Gasteiger partial charge in [0.15, 0.2) is 0 Å². The lowest BCUT2D eigenvalue weighted by atomic mass is 9.95. The Morgan fingerprint density at radius 2 is 2.10 bits per heavy atom. The largest absolute Gasteiger partial charge is 0.494 e. The zero-order valence-corrected chi connectivity index (χ0v) is 18.5. The lowest BCUT2D eigenvalue weighted by Gasteiger charge is -2.32. The van der Waals surface area contributed by atoms with Gasteiger partial charge in [-0.25, -0.2) is 9.97 Å². The third-order valence-electron chi connectivity index (χ3n) is 5.63. The van der Waals surface area contributed by atoms with E-state index in [0.717, 1.165) is 54.2 Å². The maximum atomic E-state index is 12.7. The van der Waals surface area contributed by atoms with Gasteiger partial charge in [-0.05, 0) is 63.3 Å². The highest BCUT2D eigenvalue weighted by atomic mass is 32.1. The number of amides is 1. The Kier molecular flexibility index (Phi) is 6.18. The third-order valence-corrected chi connectivity index (χ3v) is 6.69. The van der Waals surface area contributed by atoms with Crippen LogP contribution in [0.1, 0.15) is 43.3 Å². The number of aromatic nitrogens is 2. The summed E-state index contributed by atoms with van der Waals surface area (Å²) in [6.45, 7) is 8.24. The van der Waals surface area contributed by atoms with Crippen molar-refractivity contribution in [2.75, 3.05) is 24.6 Å². The Labute approximate surface area is 181 Å². The van der Waals surface area contributed by atoms with Crippen molar-refractivity contribution < 1.29 is 9.53 Å². The molecule has 1 aromatic carbocycles. The summed E-state index contributed by atoms with van der Waals surface area (Å²) in [4.78, 5) is 25.6. The molecule has 30 heavy (non-hydrogen) atoms. The van der Waals surface area contributed by atoms with Crippen LogP contribution < -0.4 is 15.0 Å². The van der Waals surface area contributed by atoms with Crippen LogP contribution in [0.2, 0.25) is 0 Å². The molecule has 0 radical (unpaired) electrons. The van der Waals surface area contributed by atoms with Gasteiger partial charge in [0.25, 0.3) is 0 Å². The second-order valence-corrected chi connectivity index (χ2v) is 8.71. The summed E-state index contributed by atoms with van der Waals surface area (Å²) in [5.74, 6) is 1.77. The first-order valence-corrected chi connectivity index (χ1v) is 11.4. The molecule has 3 aromatic rings. The summed E-state index contributed by atoms with van der Waals surface area (Å²) < 4.78 is 5.60. The molecule has 0 aliphatic carbocycles. The molecule has 1 amide bonds. The average Bonchev–Trinajstić information content (AvgIpc) is 3.29. The molecule has 6 nitrogen and oxygen atoms in total. The molecule has 3 heterocycles. The Bertz CT molecular complexity index is 1010. The Morgan fingerprint density at radius 1 is 1.30 bits per heavy atom. The molecular formula is C23H28N4O2S. The molecule has 1 atom stereocenters. The molecule has 1 fully saturated rings. The van der Waals surface area contributed by atoms with Gasteiger partial charge in [0.2, 0.25) is 11.9 Å². The quantitative estimate of drug-likeness (QED) is 0.631. The van der Waals surface area contributed by atoms with E-state index in [1.807, 2.05) is 50.4 Å². The Morgan fingerprint density at radius 3 is 2.80 bits per heavy atom. The maximum Gasteiger partial charge on any atom is 0.226 e. The molecule has 2 aromatic heterocycles. The predicted octanol–water partition coefficient (Wildman–Crippen LogP) is 4.49. The summed E-state index contributed by atoms with van der Waals surface area (Å²) in [6, 6.07) is 10.1. The number of rotatable bonds is 6.